The normalized spacial score (nSPS) is 11.2. The van der Waals surface area contributed by atoms with Crippen molar-refractivity contribution in [3.63, 3.8) is 0 Å². The summed E-state index contributed by atoms with van der Waals surface area (Å²) in [6.07, 6.45) is 0. The Hall–Kier alpha value is -0.470. The molecular formula is C8H7O2PS. The Morgan fingerprint density at radius 3 is 2.58 bits per heavy atom. The van der Waals surface area contributed by atoms with Gasteiger partial charge in [-0.3, -0.25) is 0 Å². The van der Waals surface area contributed by atoms with Crippen LogP contribution in [0.2, 0.25) is 0 Å². The number of fused-ring (bicyclic) bond motifs is 1. The van der Waals surface area contributed by atoms with Gasteiger partial charge in [-0.15, -0.1) is 11.3 Å². The van der Waals surface area contributed by atoms with Gasteiger partial charge in [-0.05, 0) is 17.5 Å². The molecule has 1 aromatic carbocycles. The third kappa shape index (κ3) is 1.37. The Balaban J connectivity index is 2.62. The van der Waals surface area contributed by atoms with Crippen molar-refractivity contribution in [2.45, 2.75) is 0 Å². The van der Waals surface area contributed by atoms with Crippen molar-refractivity contribution in [2.24, 2.45) is 0 Å². The first-order chi connectivity index (χ1) is 5.77. The molecule has 1 heterocycles. The van der Waals surface area contributed by atoms with Gasteiger partial charge in [0.25, 0.3) is 0 Å². The lowest BCUT2D eigenvalue weighted by Crippen LogP contribution is -1.88. The molecule has 62 valence electrons. The summed E-state index contributed by atoms with van der Waals surface area (Å²) >= 11 is 1.43. The zero-order chi connectivity index (χ0) is 8.55. The largest absolute Gasteiger partial charge is 0.346 e. The maximum atomic E-state index is 8.96. The Morgan fingerprint density at radius 1 is 1.17 bits per heavy atom. The predicted octanol–water partition coefficient (Wildman–Crippen LogP) is 1.82. The molecule has 2 nitrogen and oxygen atoms in total. The molecule has 0 aliphatic carbocycles. The fourth-order valence-electron chi connectivity index (χ4n) is 1.07. The second-order valence-corrected chi connectivity index (χ2v) is 4.86. The highest BCUT2D eigenvalue weighted by atomic mass is 32.1. The summed E-state index contributed by atoms with van der Waals surface area (Å²) in [4.78, 5) is 17.9. The summed E-state index contributed by atoms with van der Waals surface area (Å²) in [5.41, 5.74) is 0. The van der Waals surface area contributed by atoms with Crippen molar-refractivity contribution < 1.29 is 9.79 Å². The molecule has 0 atom stereocenters. The molecule has 0 fully saturated rings. The molecule has 1 aromatic heterocycles. The first-order valence-corrected chi connectivity index (χ1v) is 5.50. The van der Waals surface area contributed by atoms with E-state index in [1.165, 1.54) is 11.3 Å². The van der Waals surface area contributed by atoms with E-state index in [1.807, 2.05) is 30.3 Å². The van der Waals surface area contributed by atoms with Crippen molar-refractivity contribution >= 4 is 34.4 Å². The molecule has 12 heavy (non-hydrogen) atoms. The van der Waals surface area contributed by atoms with Crippen LogP contribution in [0.4, 0.5) is 0 Å². The fraction of sp³-hybridized carbons (Fsp3) is 0. The third-order valence-corrected chi connectivity index (χ3v) is 3.82. The van der Waals surface area contributed by atoms with Crippen molar-refractivity contribution in [3.05, 3.63) is 30.3 Å². The minimum Gasteiger partial charge on any atom is -0.346 e. The van der Waals surface area contributed by atoms with Crippen molar-refractivity contribution in [1.82, 2.24) is 0 Å². The van der Waals surface area contributed by atoms with Gasteiger partial charge in [-0.2, -0.15) is 0 Å². The molecule has 2 rings (SSSR count). The Labute approximate surface area is 75.0 Å². The highest BCUT2D eigenvalue weighted by molar-refractivity contribution is 7.63. The van der Waals surface area contributed by atoms with Gasteiger partial charge >= 0.3 is 0 Å². The van der Waals surface area contributed by atoms with Gasteiger partial charge in [0, 0.05) is 4.70 Å². The number of hydrogen-bond donors (Lipinski definition) is 2. The van der Waals surface area contributed by atoms with E-state index in [4.69, 9.17) is 9.79 Å². The molecular weight excluding hydrogens is 191 g/mol. The Morgan fingerprint density at radius 2 is 1.92 bits per heavy atom. The highest BCUT2D eigenvalue weighted by Gasteiger charge is 2.07. The fourth-order valence-corrected chi connectivity index (χ4v) is 2.75. The second kappa shape index (κ2) is 3.11. The predicted molar refractivity (Wildman–Crippen MR) is 52.8 cm³/mol. The highest BCUT2D eigenvalue weighted by Crippen LogP contribution is 2.30. The van der Waals surface area contributed by atoms with Crippen LogP contribution < -0.4 is 4.62 Å². The second-order valence-electron chi connectivity index (χ2n) is 2.41. The minimum absolute atomic E-state index is 0.659. The zero-order valence-corrected chi connectivity index (χ0v) is 7.85. The van der Waals surface area contributed by atoms with Gasteiger partial charge in [0.15, 0.2) is 0 Å². The van der Waals surface area contributed by atoms with E-state index in [9.17, 15) is 0 Å². The quantitative estimate of drug-likeness (QED) is 0.686. The van der Waals surface area contributed by atoms with Crippen LogP contribution in [0.1, 0.15) is 0 Å². The van der Waals surface area contributed by atoms with Crippen LogP contribution in [0, 0.1) is 0 Å². The number of rotatable bonds is 1. The molecule has 0 amide bonds. The average Bonchev–Trinajstić information content (AvgIpc) is 2.46. The summed E-state index contributed by atoms with van der Waals surface area (Å²) in [6.45, 7) is 0. The van der Waals surface area contributed by atoms with E-state index in [1.54, 1.807) is 0 Å². The van der Waals surface area contributed by atoms with Crippen LogP contribution in [0.3, 0.4) is 0 Å². The molecule has 2 aromatic rings. The van der Waals surface area contributed by atoms with Crippen LogP contribution in [-0.4, -0.2) is 9.79 Å². The number of thiophene rings is 1. The van der Waals surface area contributed by atoms with E-state index in [-0.39, 0.29) is 0 Å². The molecule has 0 bridgehead atoms. The SMILES string of the molecule is OP(O)c1cc2ccccc2s1. The molecule has 0 saturated carbocycles. The Bertz CT molecular complexity index is 364. The minimum atomic E-state index is -1.92. The molecule has 0 unspecified atom stereocenters. The van der Waals surface area contributed by atoms with Gasteiger partial charge in [0.05, 0.1) is 4.62 Å². The molecule has 0 aliphatic rings. The standard InChI is InChI=1S/C8H7O2PS/c9-11(10)8-5-6-3-1-2-4-7(6)12-8/h1-5,9-10H. The van der Waals surface area contributed by atoms with Gasteiger partial charge in [-0.25, -0.2) is 0 Å². The van der Waals surface area contributed by atoms with Gasteiger partial charge in [0.2, 0.25) is 8.38 Å². The third-order valence-electron chi connectivity index (χ3n) is 1.61. The molecule has 4 heteroatoms. The Kier molecular flexibility index (Phi) is 2.11. The smallest absolute Gasteiger partial charge is 0.210 e. The maximum absolute atomic E-state index is 8.96. The van der Waals surface area contributed by atoms with E-state index in [0.29, 0.717) is 4.62 Å². The summed E-state index contributed by atoms with van der Waals surface area (Å²) in [6, 6.07) is 9.65. The number of benzene rings is 1. The van der Waals surface area contributed by atoms with Crippen LogP contribution in [0.15, 0.2) is 30.3 Å². The van der Waals surface area contributed by atoms with E-state index >= 15 is 0 Å². The van der Waals surface area contributed by atoms with E-state index in [0.717, 1.165) is 10.1 Å². The molecule has 2 N–H and O–H groups in total. The molecule has 0 spiro atoms. The van der Waals surface area contributed by atoms with Crippen LogP contribution in [-0.2, 0) is 0 Å². The van der Waals surface area contributed by atoms with Crippen LogP contribution in [0.5, 0.6) is 0 Å². The van der Waals surface area contributed by atoms with Crippen LogP contribution >= 0.6 is 19.7 Å². The first kappa shape index (κ1) is 8.14. The summed E-state index contributed by atoms with van der Waals surface area (Å²) in [5.74, 6) is 0. The molecule has 0 aliphatic heterocycles. The van der Waals surface area contributed by atoms with Gasteiger partial charge in [-0.1, -0.05) is 18.2 Å². The lowest BCUT2D eigenvalue weighted by molar-refractivity contribution is 0.498. The van der Waals surface area contributed by atoms with E-state index in [2.05, 4.69) is 0 Å². The van der Waals surface area contributed by atoms with Crippen molar-refractivity contribution in [2.75, 3.05) is 0 Å². The summed E-state index contributed by atoms with van der Waals surface area (Å²) in [7, 11) is -1.92. The summed E-state index contributed by atoms with van der Waals surface area (Å²) in [5, 5.41) is 1.08. The lowest BCUT2D eigenvalue weighted by Gasteiger charge is -1.92. The topological polar surface area (TPSA) is 40.5 Å². The summed E-state index contributed by atoms with van der Waals surface area (Å²) < 4.78 is 1.76. The van der Waals surface area contributed by atoms with Gasteiger partial charge < -0.3 is 9.79 Å². The molecule has 0 radical (unpaired) electrons. The van der Waals surface area contributed by atoms with Crippen molar-refractivity contribution in [1.29, 1.82) is 0 Å². The monoisotopic (exact) mass is 198 g/mol. The molecule has 0 saturated heterocycles. The maximum Gasteiger partial charge on any atom is 0.210 e. The van der Waals surface area contributed by atoms with E-state index < -0.39 is 8.38 Å². The zero-order valence-electron chi connectivity index (χ0n) is 6.14. The van der Waals surface area contributed by atoms with Gasteiger partial charge in [0.1, 0.15) is 0 Å². The first-order valence-electron chi connectivity index (χ1n) is 3.44. The van der Waals surface area contributed by atoms with Crippen molar-refractivity contribution in [3.8, 4) is 0 Å². The number of hydrogen-bond acceptors (Lipinski definition) is 3. The van der Waals surface area contributed by atoms with Crippen LogP contribution in [0.25, 0.3) is 10.1 Å². The lowest BCUT2D eigenvalue weighted by atomic mass is 10.3. The average molecular weight is 198 g/mol.